The maximum absolute atomic E-state index is 12.4. The highest BCUT2D eigenvalue weighted by molar-refractivity contribution is 6.10. The SMILES string of the molecule is CCc1cccc(C(=O)c2cccnc2OC)c1. The van der Waals surface area contributed by atoms with Crippen molar-refractivity contribution in [3.63, 3.8) is 0 Å². The zero-order valence-electron chi connectivity index (χ0n) is 10.5. The Morgan fingerprint density at radius 3 is 2.83 bits per heavy atom. The second-order valence-corrected chi connectivity index (χ2v) is 3.94. The van der Waals surface area contributed by atoms with E-state index in [4.69, 9.17) is 4.74 Å². The lowest BCUT2D eigenvalue weighted by molar-refractivity contribution is 0.103. The summed E-state index contributed by atoms with van der Waals surface area (Å²) in [6.45, 7) is 2.06. The molecule has 92 valence electrons. The first-order chi connectivity index (χ1) is 8.76. The molecule has 0 atom stereocenters. The van der Waals surface area contributed by atoms with Gasteiger partial charge in [0, 0.05) is 11.8 Å². The van der Waals surface area contributed by atoms with Gasteiger partial charge in [-0.15, -0.1) is 0 Å². The fourth-order valence-electron chi connectivity index (χ4n) is 1.81. The van der Waals surface area contributed by atoms with Gasteiger partial charge >= 0.3 is 0 Å². The number of hydrogen-bond acceptors (Lipinski definition) is 3. The highest BCUT2D eigenvalue weighted by atomic mass is 16.5. The van der Waals surface area contributed by atoms with Crippen LogP contribution in [-0.4, -0.2) is 17.9 Å². The van der Waals surface area contributed by atoms with Crippen LogP contribution >= 0.6 is 0 Å². The van der Waals surface area contributed by atoms with Gasteiger partial charge in [0.05, 0.1) is 12.7 Å². The molecule has 0 aliphatic heterocycles. The van der Waals surface area contributed by atoms with Gasteiger partial charge in [-0.1, -0.05) is 25.1 Å². The lowest BCUT2D eigenvalue weighted by Gasteiger charge is -2.06. The number of hydrogen-bond donors (Lipinski definition) is 0. The van der Waals surface area contributed by atoms with Gasteiger partial charge in [-0.3, -0.25) is 4.79 Å². The average molecular weight is 241 g/mol. The van der Waals surface area contributed by atoms with Crippen molar-refractivity contribution in [1.82, 2.24) is 4.98 Å². The number of carbonyl (C=O) groups excluding carboxylic acids is 1. The van der Waals surface area contributed by atoms with Gasteiger partial charge in [0.15, 0.2) is 5.78 Å². The maximum atomic E-state index is 12.4. The number of carbonyl (C=O) groups is 1. The molecule has 3 nitrogen and oxygen atoms in total. The largest absolute Gasteiger partial charge is 0.480 e. The number of ether oxygens (including phenoxy) is 1. The molecule has 0 amide bonds. The monoisotopic (exact) mass is 241 g/mol. The van der Waals surface area contributed by atoms with Crippen LogP contribution < -0.4 is 4.74 Å². The molecule has 0 bridgehead atoms. The van der Waals surface area contributed by atoms with Crippen LogP contribution in [0.25, 0.3) is 0 Å². The molecule has 0 unspecified atom stereocenters. The van der Waals surface area contributed by atoms with Crippen LogP contribution in [0.3, 0.4) is 0 Å². The summed E-state index contributed by atoms with van der Waals surface area (Å²) < 4.78 is 5.11. The van der Waals surface area contributed by atoms with Crippen LogP contribution in [0, 0.1) is 0 Å². The summed E-state index contributed by atoms with van der Waals surface area (Å²) in [6, 6.07) is 11.1. The van der Waals surface area contributed by atoms with E-state index in [1.54, 1.807) is 18.3 Å². The molecule has 0 aliphatic carbocycles. The summed E-state index contributed by atoms with van der Waals surface area (Å²) in [5.74, 6) is 0.305. The topological polar surface area (TPSA) is 39.2 Å². The van der Waals surface area contributed by atoms with E-state index < -0.39 is 0 Å². The van der Waals surface area contributed by atoms with Crippen molar-refractivity contribution in [3.05, 3.63) is 59.3 Å². The van der Waals surface area contributed by atoms with E-state index in [1.807, 2.05) is 24.3 Å². The minimum absolute atomic E-state index is 0.0600. The molecule has 0 saturated carbocycles. The lowest BCUT2D eigenvalue weighted by atomic mass is 10.0. The Labute approximate surface area is 106 Å². The van der Waals surface area contributed by atoms with Gasteiger partial charge < -0.3 is 4.74 Å². The normalized spacial score (nSPS) is 10.1. The molecule has 0 radical (unpaired) electrons. The van der Waals surface area contributed by atoms with Crippen LogP contribution in [-0.2, 0) is 6.42 Å². The van der Waals surface area contributed by atoms with E-state index in [0.29, 0.717) is 17.0 Å². The van der Waals surface area contributed by atoms with E-state index in [9.17, 15) is 4.79 Å². The average Bonchev–Trinajstić information content (AvgIpc) is 2.46. The number of ketones is 1. The molecule has 0 saturated heterocycles. The predicted molar refractivity (Wildman–Crippen MR) is 70.0 cm³/mol. The first-order valence-electron chi connectivity index (χ1n) is 5.89. The van der Waals surface area contributed by atoms with E-state index in [1.165, 1.54) is 7.11 Å². The van der Waals surface area contributed by atoms with Crippen molar-refractivity contribution in [2.75, 3.05) is 7.11 Å². The maximum Gasteiger partial charge on any atom is 0.224 e. The molecule has 0 fully saturated rings. The fourth-order valence-corrected chi connectivity index (χ4v) is 1.81. The molecular formula is C15H15NO2. The van der Waals surface area contributed by atoms with Crippen molar-refractivity contribution in [2.24, 2.45) is 0 Å². The Balaban J connectivity index is 2.41. The number of aromatic nitrogens is 1. The van der Waals surface area contributed by atoms with Gasteiger partial charge in [0.2, 0.25) is 5.88 Å². The molecule has 2 aromatic rings. The van der Waals surface area contributed by atoms with Gasteiger partial charge in [0.25, 0.3) is 0 Å². The molecule has 1 heterocycles. The van der Waals surface area contributed by atoms with Crippen molar-refractivity contribution in [2.45, 2.75) is 13.3 Å². The third-order valence-corrected chi connectivity index (χ3v) is 2.81. The van der Waals surface area contributed by atoms with E-state index in [-0.39, 0.29) is 5.78 Å². The predicted octanol–water partition coefficient (Wildman–Crippen LogP) is 2.88. The Morgan fingerprint density at radius 1 is 1.28 bits per heavy atom. The van der Waals surface area contributed by atoms with Crippen LogP contribution in [0.15, 0.2) is 42.6 Å². The molecule has 0 N–H and O–H groups in total. The van der Waals surface area contributed by atoms with Crippen molar-refractivity contribution >= 4 is 5.78 Å². The fraction of sp³-hybridized carbons (Fsp3) is 0.200. The Hall–Kier alpha value is -2.16. The minimum atomic E-state index is -0.0600. The number of rotatable bonds is 4. The second-order valence-electron chi connectivity index (χ2n) is 3.94. The van der Waals surface area contributed by atoms with Crippen LogP contribution in [0.4, 0.5) is 0 Å². The first-order valence-corrected chi connectivity index (χ1v) is 5.89. The number of methoxy groups -OCH3 is 1. The highest BCUT2D eigenvalue weighted by Gasteiger charge is 2.14. The van der Waals surface area contributed by atoms with E-state index in [0.717, 1.165) is 12.0 Å². The smallest absolute Gasteiger partial charge is 0.224 e. The third kappa shape index (κ3) is 2.40. The molecule has 0 spiro atoms. The summed E-state index contributed by atoms with van der Waals surface area (Å²) in [5, 5.41) is 0. The van der Waals surface area contributed by atoms with Gasteiger partial charge in [0.1, 0.15) is 0 Å². The highest BCUT2D eigenvalue weighted by Crippen LogP contribution is 2.19. The van der Waals surface area contributed by atoms with Gasteiger partial charge in [-0.25, -0.2) is 4.98 Å². The van der Waals surface area contributed by atoms with Crippen LogP contribution in [0.5, 0.6) is 5.88 Å². The minimum Gasteiger partial charge on any atom is -0.480 e. The standard InChI is InChI=1S/C15H15NO2/c1-3-11-6-4-7-12(10-11)14(17)13-8-5-9-16-15(13)18-2/h4-10H,3H2,1-2H3. The van der Waals surface area contributed by atoms with Crippen molar-refractivity contribution in [3.8, 4) is 5.88 Å². The Kier molecular flexibility index (Phi) is 3.72. The summed E-state index contributed by atoms with van der Waals surface area (Å²) >= 11 is 0. The zero-order chi connectivity index (χ0) is 13.0. The van der Waals surface area contributed by atoms with Crippen molar-refractivity contribution < 1.29 is 9.53 Å². The van der Waals surface area contributed by atoms with Gasteiger partial charge in [-0.2, -0.15) is 0 Å². The number of aryl methyl sites for hydroxylation is 1. The third-order valence-electron chi connectivity index (χ3n) is 2.81. The van der Waals surface area contributed by atoms with E-state index >= 15 is 0 Å². The van der Waals surface area contributed by atoms with Gasteiger partial charge in [-0.05, 0) is 30.2 Å². The zero-order valence-corrected chi connectivity index (χ0v) is 10.5. The first kappa shape index (κ1) is 12.3. The molecule has 1 aromatic heterocycles. The lowest BCUT2D eigenvalue weighted by Crippen LogP contribution is -2.05. The summed E-state index contributed by atoms with van der Waals surface area (Å²) in [4.78, 5) is 16.4. The van der Waals surface area contributed by atoms with E-state index in [2.05, 4.69) is 11.9 Å². The Morgan fingerprint density at radius 2 is 2.11 bits per heavy atom. The summed E-state index contributed by atoms with van der Waals surface area (Å²) in [6.07, 6.45) is 2.52. The van der Waals surface area contributed by atoms with Crippen LogP contribution in [0.2, 0.25) is 0 Å². The quantitative estimate of drug-likeness (QED) is 0.773. The number of benzene rings is 1. The molecule has 1 aromatic carbocycles. The molecule has 2 rings (SSSR count). The molecular weight excluding hydrogens is 226 g/mol. The molecule has 18 heavy (non-hydrogen) atoms. The van der Waals surface area contributed by atoms with Crippen molar-refractivity contribution in [1.29, 1.82) is 0 Å². The molecule has 3 heteroatoms. The number of pyridine rings is 1. The second kappa shape index (κ2) is 5.45. The van der Waals surface area contributed by atoms with Crippen LogP contribution in [0.1, 0.15) is 28.4 Å². The number of nitrogens with zero attached hydrogens (tertiary/aromatic N) is 1. The Bertz CT molecular complexity index is 564. The molecule has 0 aliphatic rings. The summed E-state index contributed by atoms with van der Waals surface area (Å²) in [5.41, 5.74) is 2.30. The summed E-state index contributed by atoms with van der Waals surface area (Å²) in [7, 11) is 1.52.